The molecule has 0 aliphatic carbocycles. The molecule has 3 aromatic carbocycles. The summed E-state index contributed by atoms with van der Waals surface area (Å²) in [6.07, 6.45) is 0.558. The van der Waals surface area contributed by atoms with E-state index < -0.39 is 5.82 Å². The molecular weight excluding hydrogens is 374 g/mol. The summed E-state index contributed by atoms with van der Waals surface area (Å²) in [7, 11) is 0. The van der Waals surface area contributed by atoms with Gasteiger partial charge in [0, 0.05) is 29.9 Å². The summed E-state index contributed by atoms with van der Waals surface area (Å²) in [6, 6.07) is 16.6. The van der Waals surface area contributed by atoms with Crippen LogP contribution in [0, 0.1) is 11.6 Å². The lowest BCUT2D eigenvalue weighted by Crippen LogP contribution is -2.28. The third-order valence-corrected chi connectivity index (χ3v) is 4.97. The van der Waals surface area contributed by atoms with Crippen molar-refractivity contribution in [3.63, 3.8) is 0 Å². The number of hydrogen-bond donors (Lipinski definition) is 1. The third kappa shape index (κ3) is 3.87. The maximum absolute atomic E-state index is 13.1. The van der Waals surface area contributed by atoms with Crippen LogP contribution in [-0.2, 0) is 13.0 Å². The van der Waals surface area contributed by atoms with E-state index >= 15 is 0 Å². The van der Waals surface area contributed by atoms with Crippen LogP contribution in [0.2, 0.25) is 0 Å². The molecule has 0 spiro atoms. The maximum Gasteiger partial charge on any atom is 0.258 e. The van der Waals surface area contributed by atoms with Crippen molar-refractivity contribution in [1.82, 2.24) is 5.32 Å². The Morgan fingerprint density at radius 1 is 0.897 bits per heavy atom. The number of amides is 2. The Labute approximate surface area is 166 Å². The quantitative estimate of drug-likeness (QED) is 0.727. The Morgan fingerprint density at radius 3 is 2.24 bits per heavy atom. The van der Waals surface area contributed by atoms with Crippen molar-refractivity contribution in [3.05, 3.63) is 101 Å². The monoisotopic (exact) mass is 392 g/mol. The van der Waals surface area contributed by atoms with Gasteiger partial charge in [-0.15, -0.1) is 0 Å². The minimum atomic E-state index is -0.400. The van der Waals surface area contributed by atoms with E-state index in [-0.39, 0.29) is 24.2 Å². The van der Waals surface area contributed by atoms with E-state index in [4.69, 9.17) is 0 Å². The zero-order valence-electron chi connectivity index (χ0n) is 15.5. The fourth-order valence-corrected chi connectivity index (χ4v) is 3.49. The number of carbonyl (C=O) groups is 2. The Kier molecular flexibility index (Phi) is 5.08. The first kappa shape index (κ1) is 18.8. The van der Waals surface area contributed by atoms with Gasteiger partial charge in [-0.2, -0.15) is 0 Å². The van der Waals surface area contributed by atoms with Crippen molar-refractivity contribution in [2.45, 2.75) is 13.0 Å². The molecule has 6 heteroatoms. The lowest BCUT2D eigenvalue weighted by Gasteiger charge is -2.18. The van der Waals surface area contributed by atoms with Crippen molar-refractivity contribution >= 4 is 17.5 Å². The summed E-state index contributed by atoms with van der Waals surface area (Å²) in [6.45, 7) is 0.731. The van der Waals surface area contributed by atoms with Crippen LogP contribution < -0.4 is 10.2 Å². The summed E-state index contributed by atoms with van der Waals surface area (Å²) in [5.41, 5.74) is 3.19. The number of hydrogen-bond acceptors (Lipinski definition) is 2. The van der Waals surface area contributed by atoms with Crippen molar-refractivity contribution in [2.75, 3.05) is 11.4 Å². The van der Waals surface area contributed by atoms with Crippen LogP contribution in [0.5, 0.6) is 0 Å². The smallest absolute Gasteiger partial charge is 0.258 e. The molecular formula is C23H18F2N2O2. The Bertz CT molecular complexity index is 1060. The molecule has 0 saturated heterocycles. The topological polar surface area (TPSA) is 49.4 Å². The predicted octanol–water partition coefficient (Wildman–Crippen LogP) is 4.10. The van der Waals surface area contributed by atoms with E-state index in [0.29, 0.717) is 29.8 Å². The predicted molar refractivity (Wildman–Crippen MR) is 106 cm³/mol. The van der Waals surface area contributed by atoms with Gasteiger partial charge in [0.25, 0.3) is 11.8 Å². The van der Waals surface area contributed by atoms with E-state index in [2.05, 4.69) is 5.32 Å². The Hall–Kier alpha value is -3.54. The third-order valence-electron chi connectivity index (χ3n) is 4.97. The average Bonchev–Trinajstić information content (AvgIpc) is 3.17. The molecule has 1 heterocycles. The number of nitrogens with one attached hydrogen (secondary N) is 1. The van der Waals surface area contributed by atoms with E-state index in [1.807, 2.05) is 0 Å². The second-order valence-corrected chi connectivity index (χ2v) is 6.83. The molecule has 29 heavy (non-hydrogen) atoms. The number of rotatable bonds is 4. The van der Waals surface area contributed by atoms with Gasteiger partial charge < -0.3 is 10.2 Å². The number of anilines is 1. The van der Waals surface area contributed by atoms with Crippen LogP contribution in [-0.4, -0.2) is 18.4 Å². The van der Waals surface area contributed by atoms with Crippen LogP contribution in [0.25, 0.3) is 0 Å². The van der Waals surface area contributed by atoms with Gasteiger partial charge in [0.05, 0.1) is 0 Å². The highest BCUT2D eigenvalue weighted by molar-refractivity contribution is 6.08. The highest BCUT2D eigenvalue weighted by Gasteiger charge is 2.28. The molecule has 2 amide bonds. The molecule has 3 aromatic rings. The fourth-order valence-electron chi connectivity index (χ4n) is 3.49. The van der Waals surface area contributed by atoms with E-state index in [1.54, 1.807) is 35.2 Å². The number of carbonyl (C=O) groups excluding carboxylic acids is 2. The first-order valence-corrected chi connectivity index (χ1v) is 9.25. The van der Waals surface area contributed by atoms with Crippen LogP contribution >= 0.6 is 0 Å². The SMILES string of the molecule is O=C(NCc1ccc(F)cc1)c1cccc2c1CCN2C(=O)c1ccc(F)cc1. The molecule has 1 N–H and O–H groups in total. The Morgan fingerprint density at radius 2 is 1.55 bits per heavy atom. The molecule has 0 radical (unpaired) electrons. The van der Waals surface area contributed by atoms with E-state index in [0.717, 1.165) is 11.1 Å². The summed E-state index contributed by atoms with van der Waals surface area (Å²) in [5.74, 6) is -1.20. The van der Waals surface area contributed by atoms with E-state index in [9.17, 15) is 18.4 Å². The van der Waals surface area contributed by atoms with Crippen LogP contribution in [0.4, 0.5) is 14.5 Å². The second-order valence-electron chi connectivity index (χ2n) is 6.83. The fraction of sp³-hybridized carbons (Fsp3) is 0.130. The molecule has 0 saturated carbocycles. The Balaban J connectivity index is 1.52. The van der Waals surface area contributed by atoms with Crippen LogP contribution in [0.3, 0.4) is 0 Å². The van der Waals surface area contributed by atoms with Gasteiger partial charge in [0.1, 0.15) is 11.6 Å². The normalized spacial score (nSPS) is 12.6. The minimum Gasteiger partial charge on any atom is -0.348 e. The first-order chi connectivity index (χ1) is 14.0. The van der Waals surface area contributed by atoms with Gasteiger partial charge in [-0.1, -0.05) is 18.2 Å². The van der Waals surface area contributed by atoms with Gasteiger partial charge in [-0.25, -0.2) is 8.78 Å². The summed E-state index contributed by atoms with van der Waals surface area (Å²) in [4.78, 5) is 27.1. The van der Waals surface area contributed by atoms with Crippen LogP contribution in [0.15, 0.2) is 66.7 Å². The highest BCUT2D eigenvalue weighted by atomic mass is 19.1. The van der Waals surface area contributed by atoms with Gasteiger partial charge in [-0.05, 0) is 66.1 Å². The number of nitrogens with zero attached hydrogens (tertiary/aromatic N) is 1. The molecule has 0 fully saturated rings. The largest absolute Gasteiger partial charge is 0.348 e. The van der Waals surface area contributed by atoms with Gasteiger partial charge in [0.2, 0.25) is 0 Å². The van der Waals surface area contributed by atoms with Crippen molar-refractivity contribution in [2.24, 2.45) is 0 Å². The number of halogens is 2. The van der Waals surface area contributed by atoms with Gasteiger partial charge in [0.15, 0.2) is 0 Å². The summed E-state index contributed by atoms with van der Waals surface area (Å²) < 4.78 is 26.1. The maximum atomic E-state index is 13.1. The lowest BCUT2D eigenvalue weighted by atomic mass is 10.0. The molecule has 4 nitrogen and oxygen atoms in total. The zero-order valence-corrected chi connectivity index (χ0v) is 15.5. The van der Waals surface area contributed by atoms with Gasteiger partial charge in [-0.3, -0.25) is 9.59 Å². The van der Waals surface area contributed by atoms with Crippen molar-refractivity contribution in [3.8, 4) is 0 Å². The molecule has 1 aliphatic heterocycles. The molecule has 0 bridgehead atoms. The second kappa shape index (κ2) is 7.83. The highest BCUT2D eigenvalue weighted by Crippen LogP contribution is 2.32. The molecule has 0 atom stereocenters. The van der Waals surface area contributed by atoms with Crippen molar-refractivity contribution < 1.29 is 18.4 Å². The van der Waals surface area contributed by atoms with E-state index in [1.165, 1.54) is 36.4 Å². The lowest BCUT2D eigenvalue weighted by molar-refractivity contribution is 0.0948. The molecule has 4 rings (SSSR count). The molecule has 1 aliphatic rings. The molecule has 0 aromatic heterocycles. The summed E-state index contributed by atoms with van der Waals surface area (Å²) in [5, 5.41) is 2.84. The van der Waals surface area contributed by atoms with Gasteiger partial charge >= 0.3 is 0 Å². The average molecular weight is 392 g/mol. The minimum absolute atomic E-state index is 0.229. The number of fused-ring (bicyclic) bond motifs is 1. The summed E-state index contributed by atoms with van der Waals surface area (Å²) >= 11 is 0. The first-order valence-electron chi connectivity index (χ1n) is 9.25. The molecule has 0 unspecified atom stereocenters. The standard InChI is InChI=1S/C23H18F2N2O2/c24-17-8-4-15(5-9-17)14-26-22(28)20-2-1-3-21-19(20)12-13-27(21)23(29)16-6-10-18(25)11-7-16/h1-11H,12-14H2,(H,26,28). The number of benzene rings is 3. The van der Waals surface area contributed by atoms with Crippen molar-refractivity contribution in [1.29, 1.82) is 0 Å². The zero-order chi connectivity index (χ0) is 20.4. The van der Waals surface area contributed by atoms with Crippen LogP contribution in [0.1, 0.15) is 31.8 Å². The molecule has 146 valence electrons.